The van der Waals surface area contributed by atoms with Crippen LogP contribution in [0.15, 0.2) is 11.0 Å². The van der Waals surface area contributed by atoms with Gasteiger partial charge in [0.25, 0.3) is 0 Å². The Balaban J connectivity index is 0.000000861. The minimum Gasteiger partial charge on any atom is -0.383 e. The van der Waals surface area contributed by atoms with Crippen molar-refractivity contribution in [1.29, 1.82) is 0 Å². The van der Waals surface area contributed by atoms with Crippen molar-refractivity contribution in [2.45, 2.75) is 59.8 Å². The molecule has 5 nitrogen and oxygen atoms in total. The summed E-state index contributed by atoms with van der Waals surface area (Å²) < 4.78 is 7.42. The monoisotopic (exact) mass is 267 g/mol. The summed E-state index contributed by atoms with van der Waals surface area (Å²) in [4.78, 5) is 15.5. The van der Waals surface area contributed by atoms with E-state index in [0.29, 0.717) is 11.7 Å². The third-order valence-corrected chi connectivity index (χ3v) is 3.26. The molecule has 1 saturated heterocycles. The number of ether oxygens (including phenoxy) is 1. The molecule has 108 valence electrons. The van der Waals surface area contributed by atoms with Crippen LogP contribution in [0.4, 0.5) is 5.82 Å². The summed E-state index contributed by atoms with van der Waals surface area (Å²) in [6.45, 7) is 10.1. The molecular weight excluding hydrogens is 242 g/mol. The molecule has 1 aromatic rings. The first-order valence-corrected chi connectivity index (χ1v) is 6.99. The summed E-state index contributed by atoms with van der Waals surface area (Å²) in [6.07, 6.45) is 3.61. The topological polar surface area (TPSA) is 70.1 Å². The first-order valence-electron chi connectivity index (χ1n) is 6.99. The summed E-state index contributed by atoms with van der Waals surface area (Å²) in [7, 11) is 0. The van der Waals surface area contributed by atoms with Gasteiger partial charge in [-0.2, -0.15) is 4.98 Å². The van der Waals surface area contributed by atoms with Crippen LogP contribution in [-0.2, 0) is 4.74 Å². The second-order valence-electron chi connectivity index (χ2n) is 4.95. The van der Waals surface area contributed by atoms with E-state index in [1.807, 2.05) is 20.8 Å². The van der Waals surface area contributed by atoms with E-state index in [4.69, 9.17) is 10.5 Å². The average molecular weight is 267 g/mol. The Morgan fingerprint density at radius 1 is 1.42 bits per heavy atom. The second-order valence-corrected chi connectivity index (χ2v) is 4.95. The average Bonchev–Trinajstić information content (AvgIpc) is 2.86. The summed E-state index contributed by atoms with van der Waals surface area (Å²) in [5.74, 6) is 0.767. The molecule has 2 rings (SSSR count). The molecule has 1 fully saturated rings. The maximum atomic E-state index is 11.7. The zero-order chi connectivity index (χ0) is 14.6. The van der Waals surface area contributed by atoms with Gasteiger partial charge in [-0.15, -0.1) is 0 Å². The quantitative estimate of drug-likeness (QED) is 0.893. The van der Waals surface area contributed by atoms with Crippen molar-refractivity contribution < 1.29 is 4.74 Å². The standard InChI is InChI=1S/C12H19N3O2.C2H6/c1-7(2)9-4-5-10(17-9)15-6-8(3)11(13)14-12(15)16;1-2/h6-7,9-10H,4-5H2,1-3H3,(H2,13,14,16);1-2H3. The van der Waals surface area contributed by atoms with Gasteiger partial charge in [0.1, 0.15) is 12.0 Å². The predicted molar refractivity (Wildman–Crippen MR) is 77.0 cm³/mol. The molecule has 5 heteroatoms. The van der Waals surface area contributed by atoms with E-state index in [2.05, 4.69) is 18.8 Å². The van der Waals surface area contributed by atoms with E-state index in [1.54, 1.807) is 10.8 Å². The molecule has 1 aromatic heterocycles. The highest BCUT2D eigenvalue weighted by Gasteiger charge is 2.29. The maximum absolute atomic E-state index is 11.7. The molecule has 1 aliphatic rings. The number of anilines is 1. The van der Waals surface area contributed by atoms with Crippen LogP contribution < -0.4 is 11.4 Å². The van der Waals surface area contributed by atoms with Gasteiger partial charge in [0.2, 0.25) is 0 Å². The Kier molecular flexibility index (Phi) is 5.54. The molecule has 2 atom stereocenters. The fourth-order valence-corrected chi connectivity index (χ4v) is 2.13. The molecule has 19 heavy (non-hydrogen) atoms. The van der Waals surface area contributed by atoms with E-state index in [-0.39, 0.29) is 18.0 Å². The summed E-state index contributed by atoms with van der Waals surface area (Å²) in [5.41, 5.74) is 6.07. The van der Waals surface area contributed by atoms with Crippen molar-refractivity contribution in [3.8, 4) is 0 Å². The highest BCUT2D eigenvalue weighted by atomic mass is 16.5. The molecule has 1 aliphatic heterocycles. The molecule has 2 heterocycles. The minimum atomic E-state index is -0.331. The summed E-state index contributed by atoms with van der Waals surface area (Å²) in [6, 6.07) is 0. The number of rotatable bonds is 2. The van der Waals surface area contributed by atoms with Gasteiger partial charge in [0.15, 0.2) is 0 Å². The van der Waals surface area contributed by atoms with Gasteiger partial charge in [-0.3, -0.25) is 4.57 Å². The SMILES string of the molecule is CC.Cc1cn(C2CCC(C(C)C)O2)c(=O)nc1N. The van der Waals surface area contributed by atoms with E-state index >= 15 is 0 Å². The lowest BCUT2D eigenvalue weighted by Crippen LogP contribution is -2.28. The number of nitrogen functional groups attached to an aromatic ring is 1. The molecule has 2 unspecified atom stereocenters. The fraction of sp³-hybridized carbons (Fsp3) is 0.714. The van der Waals surface area contributed by atoms with E-state index in [9.17, 15) is 4.79 Å². The Labute approximate surface area is 114 Å². The summed E-state index contributed by atoms with van der Waals surface area (Å²) in [5, 5.41) is 0. The predicted octanol–water partition coefficient (Wildman–Crippen LogP) is 2.49. The summed E-state index contributed by atoms with van der Waals surface area (Å²) >= 11 is 0. The van der Waals surface area contributed by atoms with Crippen LogP contribution in [0.1, 0.15) is 52.3 Å². The lowest BCUT2D eigenvalue weighted by molar-refractivity contribution is -0.0208. The molecular formula is C14H25N3O2. The van der Waals surface area contributed by atoms with Crippen LogP contribution in [0, 0.1) is 12.8 Å². The molecule has 0 amide bonds. The molecule has 0 aliphatic carbocycles. The molecule has 2 N–H and O–H groups in total. The number of nitrogens with two attached hydrogens (primary N) is 1. The highest BCUT2D eigenvalue weighted by Crippen LogP contribution is 2.31. The number of hydrogen-bond donors (Lipinski definition) is 1. The van der Waals surface area contributed by atoms with Crippen molar-refractivity contribution in [2.75, 3.05) is 5.73 Å². The van der Waals surface area contributed by atoms with Crippen LogP contribution in [0.5, 0.6) is 0 Å². The number of aromatic nitrogens is 2. The van der Waals surface area contributed by atoms with Gasteiger partial charge < -0.3 is 10.5 Å². The smallest absolute Gasteiger partial charge is 0.351 e. The molecule has 0 aromatic carbocycles. The molecule has 0 spiro atoms. The van der Waals surface area contributed by atoms with Crippen molar-refractivity contribution in [1.82, 2.24) is 9.55 Å². The van der Waals surface area contributed by atoms with Crippen LogP contribution >= 0.6 is 0 Å². The first kappa shape index (κ1) is 15.7. The van der Waals surface area contributed by atoms with Gasteiger partial charge in [-0.05, 0) is 25.7 Å². The van der Waals surface area contributed by atoms with Gasteiger partial charge in [0, 0.05) is 11.8 Å². The normalized spacial score (nSPS) is 22.2. The number of hydrogen-bond acceptors (Lipinski definition) is 4. The first-order chi connectivity index (χ1) is 8.99. The Hall–Kier alpha value is -1.36. The van der Waals surface area contributed by atoms with Gasteiger partial charge in [-0.1, -0.05) is 27.7 Å². The van der Waals surface area contributed by atoms with Gasteiger partial charge in [-0.25, -0.2) is 4.79 Å². The van der Waals surface area contributed by atoms with Crippen molar-refractivity contribution in [2.24, 2.45) is 5.92 Å². The third-order valence-electron chi connectivity index (χ3n) is 3.26. The van der Waals surface area contributed by atoms with Crippen molar-refractivity contribution in [3.63, 3.8) is 0 Å². The van der Waals surface area contributed by atoms with Crippen LogP contribution in [-0.4, -0.2) is 15.7 Å². The molecule has 0 saturated carbocycles. The van der Waals surface area contributed by atoms with E-state index in [1.165, 1.54) is 0 Å². The van der Waals surface area contributed by atoms with Gasteiger partial charge >= 0.3 is 5.69 Å². The van der Waals surface area contributed by atoms with Gasteiger partial charge in [0.05, 0.1) is 6.10 Å². The van der Waals surface area contributed by atoms with Crippen molar-refractivity contribution in [3.05, 3.63) is 22.2 Å². The largest absolute Gasteiger partial charge is 0.383 e. The molecule has 0 radical (unpaired) electrons. The fourth-order valence-electron chi connectivity index (χ4n) is 2.13. The zero-order valence-electron chi connectivity index (χ0n) is 12.5. The van der Waals surface area contributed by atoms with E-state index in [0.717, 1.165) is 18.4 Å². The van der Waals surface area contributed by atoms with Crippen molar-refractivity contribution >= 4 is 5.82 Å². The Morgan fingerprint density at radius 3 is 2.58 bits per heavy atom. The third kappa shape index (κ3) is 3.56. The number of aryl methyl sites for hydroxylation is 1. The van der Waals surface area contributed by atoms with Crippen LogP contribution in [0.2, 0.25) is 0 Å². The highest BCUT2D eigenvalue weighted by molar-refractivity contribution is 5.35. The zero-order valence-corrected chi connectivity index (χ0v) is 12.5. The lowest BCUT2D eigenvalue weighted by Gasteiger charge is -2.18. The minimum absolute atomic E-state index is 0.193. The maximum Gasteiger partial charge on any atom is 0.351 e. The lowest BCUT2D eigenvalue weighted by atomic mass is 10.1. The number of nitrogens with zero attached hydrogens (tertiary/aromatic N) is 2. The van der Waals surface area contributed by atoms with Crippen LogP contribution in [0.25, 0.3) is 0 Å². The second kappa shape index (κ2) is 6.70. The Bertz CT molecular complexity index is 468. The Morgan fingerprint density at radius 2 is 2.05 bits per heavy atom. The molecule has 0 bridgehead atoms. The van der Waals surface area contributed by atoms with Crippen LogP contribution in [0.3, 0.4) is 0 Å². The van der Waals surface area contributed by atoms with E-state index < -0.39 is 0 Å².